The Kier molecular flexibility index (Phi) is 3.84. The van der Waals surface area contributed by atoms with E-state index in [-0.39, 0.29) is 5.91 Å². The molecule has 126 valence electrons. The summed E-state index contributed by atoms with van der Waals surface area (Å²) in [7, 11) is 0. The van der Waals surface area contributed by atoms with Crippen molar-refractivity contribution in [2.24, 2.45) is 0 Å². The maximum Gasteiger partial charge on any atom is 0.224 e. The van der Waals surface area contributed by atoms with Gasteiger partial charge in [-0.05, 0) is 35.4 Å². The first kappa shape index (κ1) is 15.9. The van der Waals surface area contributed by atoms with E-state index in [0.29, 0.717) is 12.5 Å². The van der Waals surface area contributed by atoms with Crippen LogP contribution < -0.4 is 4.90 Å². The minimum atomic E-state index is 0.0989. The Morgan fingerprint density at radius 2 is 1.84 bits per heavy atom. The fraction of sp³-hybridized carbons (Fsp3) is 0.261. The van der Waals surface area contributed by atoms with Gasteiger partial charge < -0.3 is 4.90 Å². The van der Waals surface area contributed by atoms with Crippen LogP contribution in [0, 0.1) is 6.92 Å². The lowest BCUT2D eigenvalue weighted by atomic mass is 9.85. The summed E-state index contributed by atoms with van der Waals surface area (Å²) in [4.78, 5) is 14.5. The molecular weight excluding hydrogens is 306 g/mol. The molecule has 3 aromatic rings. The van der Waals surface area contributed by atoms with Crippen LogP contribution in [0.3, 0.4) is 0 Å². The zero-order chi connectivity index (χ0) is 17.6. The Morgan fingerprint density at radius 1 is 1.08 bits per heavy atom. The van der Waals surface area contributed by atoms with E-state index in [1.54, 1.807) is 6.92 Å². The molecule has 25 heavy (non-hydrogen) atoms. The molecule has 0 N–H and O–H groups in total. The predicted octanol–water partition coefficient (Wildman–Crippen LogP) is 5.56. The maximum absolute atomic E-state index is 12.6. The van der Waals surface area contributed by atoms with E-state index in [4.69, 9.17) is 0 Å². The highest BCUT2D eigenvalue weighted by Crippen LogP contribution is 2.44. The molecule has 0 bridgehead atoms. The average molecular weight is 329 g/mol. The molecule has 2 nitrogen and oxygen atoms in total. The topological polar surface area (TPSA) is 20.3 Å². The van der Waals surface area contributed by atoms with Gasteiger partial charge in [0, 0.05) is 18.2 Å². The Hall–Kier alpha value is -2.61. The van der Waals surface area contributed by atoms with E-state index in [1.807, 2.05) is 4.90 Å². The number of benzene rings is 3. The zero-order valence-electron chi connectivity index (χ0n) is 15.0. The predicted molar refractivity (Wildman–Crippen MR) is 104 cm³/mol. The van der Waals surface area contributed by atoms with Crippen LogP contribution in [-0.4, -0.2) is 5.91 Å². The number of carbonyl (C=O) groups excluding carboxylic acids is 1. The number of anilines is 1. The van der Waals surface area contributed by atoms with Crippen molar-refractivity contribution in [1.82, 2.24) is 0 Å². The van der Waals surface area contributed by atoms with E-state index < -0.39 is 0 Å². The number of rotatable bonds is 1. The molecular formula is C23H23NO. The van der Waals surface area contributed by atoms with Gasteiger partial charge in [-0.2, -0.15) is 0 Å². The molecule has 1 heterocycles. The molecule has 1 aliphatic heterocycles. The number of fused-ring (bicyclic) bond motifs is 4. The standard InChI is InChI=1S/C23H23NO/c1-4-19-20-11-9-15(2)13-18(20)14-24(16(3)25)23-21-8-6-5-7-17(21)10-12-22(19)23/h5-13,19H,4,14H2,1-3H3/t19-/m0/s1. The first-order chi connectivity index (χ1) is 12.1. The SMILES string of the molecule is CC[C@H]1c2ccc(C)cc2CN(C(C)=O)c2c1ccc1ccccc21. The molecule has 0 aromatic heterocycles. The molecule has 4 rings (SSSR count). The molecule has 1 amide bonds. The fourth-order valence-corrected chi connectivity index (χ4v) is 4.19. The van der Waals surface area contributed by atoms with Gasteiger partial charge in [0.25, 0.3) is 0 Å². The molecule has 0 spiro atoms. The summed E-state index contributed by atoms with van der Waals surface area (Å²) in [5.74, 6) is 0.418. The van der Waals surface area contributed by atoms with E-state index in [9.17, 15) is 4.79 Å². The summed E-state index contributed by atoms with van der Waals surface area (Å²) in [5.41, 5.74) is 6.22. The van der Waals surface area contributed by atoms with Gasteiger partial charge in [0.1, 0.15) is 0 Å². The molecule has 0 aliphatic carbocycles. The highest BCUT2D eigenvalue weighted by atomic mass is 16.2. The van der Waals surface area contributed by atoms with Gasteiger partial charge in [-0.1, -0.05) is 67.1 Å². The largest absolute Gasteiger partial charge is 0.307 e. The second-order valence-corrected chi connectivity index (χ2v) is 6.99. The summed E-state index contributed by atoms with van der Waals surface area (Å²) < 4.78 is 0. The van der Waals surface area contributed by atoms with Crippen molar-refractivity contribution < 1.29 is 4.79 Å². The Labute approximate surface area is 149 Å². The molecule has 0 radical (unpaired) electrons. The third-order valence-electron chi connectivity index (χ3n) is 5.37. The van der Waals surface area contributed by atoms with Crippen molar-refractivity contribution in [3.8, 4) is 0 Å². The van der Waals surface area contributed by atoms with Crippen molar-refractivity contribution in [2.75, 3.05) is 4.90 Å². The van der Waals surface area contributed by atoms with Gasteiger partial charge in [0.15, 0.2) is 0 Å². The number of hydrogen-bond acceptors (Lipinski definition) is 1. The van der Waals surface area contributed by atoms with Crippen molar-refractivity contribution in [3.63, 3.8) is 0 Å². The quantitative estimate of drug-likeness (QED) is 0.572. The highest BCUT2D eigenvalue weighted by Gasteiger charge is 2.29. The van der Waals surface area contributed by atoms with Crippen molar-refractivity contribution >= 4 is 22.4 Å². The molecule has 0 fully saturated rings. The normalized spacial score (nSPS) is 16.3. The second-order valence-electron chi connectivity index (χ2n) is 6.99. The molecule has 2 heteroatoms. The first-order valence-electron chi connectivity index (χ1n) is 8.99. The lowest BCUT2D eigenvalue weighted by molar-refractivity contribution is -0.116. The number of amides is 1. The van der Waals surface area contributed by atoms with Crippen molar-refractivity contribution in [1.29, 1.82) is 0 Å². The number of nitrogens with zero attached hydrogens (tertiary/aromatic N) is 1. The van der Waals surface area contributed by atoms with Gasteiger partial charge in [-0.3, -0.25) is 4.79 Å². The van der Waals surface area contributed by atoms with E-state index in [0.717, 1.165) is 17.5 Å². The number of carbonyl (C=O) groups is 1. The monoisotopic (exact) mass is 329 g/mol. The Balaban J connectivity index is 2.07. The average Bonchev–Trinajstić information content (AvgIpc) is 2.75. The van der Waals surface area contributed by atoms with Crippen LogP contribution in [0.5, 0.6) is 0 Å². The van der Waals surface area contributed by atoms with Crippen LogP contribution in [0.4, 0.5) is 5.69 Å². The molecule has 0 saturated carbocycles. The Morgan fingerprint density at radius 3 is 2.60 bits per heavy atom. The summed E-state index contributed by atoms with van der Waals surface area (Å²) in [6, 6.07) is 19.5. The van der Waals surface area contributed by atoms with Crippen molar-refractivity contribution in [2.45, 2.75) is 39.7 Å². The summed E-state index contributed by atoms with van der Waals surface area (Å²) >= 11 is 0. The van der Waals surface area contributed by atoms with Gasteiger partial charge in [-0.25, -0.2) is 0 Å². The van der Waals surface area contributed by atoms with Gasteiger partial charge in [0.05, 0.1) is 12.2 Å². The lowest BCUT2D eigenvalue weighted by Gasteiger charge is -2.25. The molecule has 1 aliphatic rings. The van der Waals surface area contributed by atoms with Crippen LogP contribution in [0.2, 0.25) is 0 Å². The fourth-order valence-electron chi connectivity index (χ4n) is 4.19. The summed E-state index contributed by atoms with van der Waals surface area (Å²) in [5, 5.41) is 2.35. The lowest BCUT2D eigenvalue weighted by Crippen LogP contribution is -2.28. The van der Waals surface area contributed by atoms with Crippen LogP contribution in [-0.2, 0) is 11.3 Å². The third kappa shape index (κ3) is 2.53. The first-order valence-corrected chi connectivity index (χ1v) is 8.99. The van der Waals surface area contributed by atoms with E-state index in [1.165, 1.54) is 27.6 Å². The van der Waals surface area contributed by atoms with Gasteiger partial charge >= 0.3 is 0 Å². The third-order valence-corrected chi connectivity index (χ3v) is 5.37. The van der Waals surface area contributed by atoms with E-state index >= 15 is 0 Å². The molecule has 0 saturated heterocycles. The molecule has 0 unspecified atom stereocenters. The second kappa shape index (κ2) is 6.03. The van der Waals surface area contributed by atoms with Crippen molar-refractivity contribution in [3.05, 3.63) is 76.9 Å². The number of aryl methyl sites for hydroxylation is 1. The minimum absolute atomic E-state index is 0.0989. The minimum Gasteiger partial charge on any atom is -0.307 e. The molecule has 1 atom stereocenters. The maximum atomic E-state index is 12.6. The van der Waals surface area contributed by atoms with Crippen LogP contribution >= 0.6 is 0 Å². The van der Waals surface area contributed by atoms with Crippen LogP contribution in [0.15, 0.2) is 54.6 Å². The summed E-state index contributed by atoms with van der Waals surface area (Å²) in [6.45, 7) is 6.67. The Bertz CT molecular complexity index is 973. The van der Waals surface area contributed by atoms with Gasteiger partial charge in [-0.15, -0.1) is 0 Å². The van der Waals surface area contributed by atoms with Crippen LogP contribution in [0.25, 0.3) is 10.8 Å². The van der Waals surface area contributed by atoms with E-state index in [2.05, 4.69) is 68.4 Å². The summed E-state index contributed by atoms with van der Waals surface area (Å²) in [6.07, 6.45) is 1.02. The number of hydrogen-bond donors (Lipinski definition) is 0. The van der Waals surface area contributed by atoms with Gasteiger partial charge in [0.2, 0.25) is 5.91 Å². The van der Waals surface area contributed by atoms with Crippen LogP contribution in [0.1, 0.15) is 48.4 Å². The molecule has 3 aromatic carbocycles. The smallest absolute Gasteiger partial charge is 0.224 e. The highest BCUT2D eigenvalue weighted by molar-refractivity contribution is 6.05. The zero-order valence-corrected chi connectivity index (χ0v) is 15.0.